The summed E-state index contributed by atoms with van der Waals surface area (Å²) in [5.41, 5.74) is 1.68. The van der Waals surface area contributed by atoms with Crippen LogP contribution in [0.25, 0.3) is 11.1 Å². The van der Waals surface area contributed by atoms with E-state index in [1.54, 1.807) is 26.0 Å². The van der Waals surface area contributed by atoms with Gasteiger partial charge in [0.2, 0.25) is 0 Å². The van der Waals surface area contributed by atoms with E-state index < -0.39 is 36.0 Å². The van der Waals surface area contributed by atoms with Gasteiger partial charge in [-0.1, -0.05) is 42.5 Å². The molecule has 4 amide bonds. The fourth-order valence-electron chi connectivity index (χ4n) is 3.02. The van der Waals surface area contributed by atoms with Gasteiger partial charge in [0, 0.05) is 12.2 Å². The third kappa shape index (κ3) is 5.02. The van der Waals surface area contributed by atoms with E-state index in [2.05, 4.69) is 10.6 Å². The van der Waals surface area contributed by atoms with Gasteiger partial charge in [0.25, 0.3) is 11.8 Å². The summed E-state index contributed by atoms with van der Waals surface area (Å²) in [4.78, 5) is 48.7. The molecule has 1 aliphatic rings. The number of nitrogens with one attached hydrogen (secondary N) is 2. The van der Waals surface area contributed by atoms with Gasteiger partial charge in [-0.3, -0.25) is 19.3 Å². The second-order valence-electron chi connectivity index (χ2n) is 7.41. The van der Waals surface area contributed by atoms with E-state index in [4.69, 9.17) is 4.74 Å². The summed E-state index contributed by atoms with van der Waals surface area (Å²) in [5, 5.41) is 5.18. The molecule has 2 aromatic rings. The van der Waals surface area contributed by atoms with E-state index in [1.165, 1.54) is 0 Å². The van der Waals surface area contributed by atoms with Crippen LogP contribution in [-0.4, -0.2) is 47.4 Å². The predicted octanol–water partition coefficient (Wildman–Crippen LogP) is 2.56. The van der Waals surface area contributed by atoms with E-state index in [9.17, 15) is 19.2 Å². The molecule has 0 bridgehead atoms. The van der Waals surface area contributed by atoms with Crippen molar-refractivity contribution in [1.82, 2.24) is 10.2 Å². The summed E-state index contributed by atoms with van der Waals surface area (Å²) in [6.07, 6.45) is -0.186. The number of urea groups is 1. The summed E-state index contributed by atoms with van der Waals surface area (Å²) < 4.78 is 4.93. The number of anilines is 1. The topological polar surface area (TPSA) is 105 Å². The zero-order valence-corrected chi connectivity index (χ0v) is 16.8. The Morgan fingerprint density at radius 2 is 1.63 bits per heavy atom. The summed E-state index contributed by atoms with van der Waals surface area (Å²) in [6.45, 7) is 2.62. The lowest BCUT2D eigenvalue weighted by atomic mass is 10.1. The lowest BCUT2D eigenvalue weighted by molar-refractivity contribution is -0.147. The SMILES string of the molecule is CC1(C)NC(=O)N(CCC(=O)OCC(=O)Nc2ccc(-c3ccccc3)cc2)C1=O. The number of hydrogen-bond donors (Lipinski definition) is 2. The molecule has 0 spiro atoms. The number of rotatable bonds is 7. The molecule has 0 unspecified atom stereocenters. The highest BCUT2D eigenvalue weighted by Crippen LogP contribution is 2.21. The molecule has 0 saturated carbocycles. The molecule has 2 N–H and O–H groups in total. The summed E-state index contributed by atoms with van der Waals surface area (Å²) >= 11 is 0. The summed E-state index contributed by atoms with van der Waals surface area (Å²) in [7, 11) is 0. The second-order valence-corrected chi connectivity index (χ2v) is 7.41. The van der Waals surface area contributed by atoms with Crippen molar-refractivity contribution < 1.29 is 23.9 Å². The van der Waals surface area contributed by atoms with Crippen molar-refractivity contribution in [2.75, 3.05) is 18.5 Å². The maximum atomic E-state index is 12.1. The van der Waals surface area contributed by atoms with Crippen molar-refractivity contribution in [1.29, 1.82) is 0 Å². The maximum Gasteiger partial charge on any atom is 0.325 e. The Morgan fingerprint density at radius 3 is 2.23 bits per heavy atom. The first-order chi connectivity index (χ1) is 14.3. The monoisotopic (exact) mass is 409 g/mol. The minimum Gasteiger partial charge on any atom is -0.456 e. The van der Waals surface area contributed by atoms with Gasteiger partial charge in [-0.15, -0.1) is 0 Å². The number of ether oxygens (including phenoxy) is 1. The number of esters is 1. The normalized spacial score (nSPS) is 14.9. The van der Waals surface area contributed by atoms with Crippen LogP contribution in [0.15, 0.2) is 54.6 Å². The standard InChI is InChI=1S/C22H23N3O5/c1-22(2)20(28)25(21(29)24-22)13-12-19(27)30-14-18(26)23-17-10-8-16(9-11-17)15-6-4-3-5-7-15/h3-11H,12-14H2,1-2H3,(H,23,26)(H,24,29). The molecule has 3 rings (SSSR count). The highest BCUT2D eigenvalue weighted by molar-refractivity contribution is 6.06. The lowest BCUT2D eigenvalue weighted by Gasteiger charge is -2.15. The fourth-order valence-corrected chi connectivity index (χ4v) is 3.02. The van der Waals surface area contributed by atoms with Crippen molar-refractivity contribution in [3.63, 3.8) is 0 Å². The number of carbonyl (C=O) groups excluding carboxylic acids is 4. The van der Waals surface area contributed by atoms with E-state index in [0.29, 0.717) is 5.69 Å². The molecule has 0 aliphatic carbocycles. The molecule has 1 heterocycles. The predicted molar refractivity (Wildman–Crippen MR) is 110 cm³/mol. The zero-order chi connectivity index (χ0) is 21.7. The number of amides is 4. The number of hydrogen-bond acceptors (Lipinski definition) is 5. The number of imide groups is 1. The Morgan fingerprint density at radius 1 is 1.00 bits per heavy atom. The van der Waals surface area contributed by atoms with E-state index in [-0.39, 0.29) is 13.0 Å². The quantitative estimate of drug-likeness (QED) is 0.540. The average Bonchev–Trinajstić information content (AvgIpc) is 2.92. The molecule has 156 valence electrons. The second kappa shape index (κ2) is 8.77. The molecule has 2 aromatic carbocycles. The van der Waals surface area contributed by atoms with Crippen LogP contribution in [0.5, 0.6) is 0 Å². The van der Waals surface area contributed by atoms with Crippen LogP contribution < -0.4 is 10.6 Å². The number of carbonyl (C=O) groups is 4. The molecule has 8 nitrogen and oxygen atoms in total. The molecular formula is C22H23N3O5. The van der Waals surface area contributed by atoms with Gasteiger partial charge < -0.3 is 15.4 Å². The minimum atomic E-state index is -0.989. The number of nitrogens with zero attached hydrogens (tertiary/aromatic N) is 1. The number of benzene rings is 2. The molecule has 0 aromatic heterocycles. The first kappa shape index (κ1) is 21.0. The summed E-state index contributed by atoms with van der Waals surface area (Å²) in [5.74, 6) is -1.56. The fraction of sp³-hybridized carbons (Fsp3) is 0.273. The van der Waals surface area contributed by atoms with Crippen molar-refractivity contribution in [2.45, 2.75) is 25.8 Å². The van der Waals surface area contributed by atoms with Crippen molar-refractivity contribution in [2.24, 2.45) is 0 Å². The third-order valence-electron chi connectivity index (χ3n) is 4.62. The van der Waals surface area contributed by atoms with Crippen LogP contribution in [0.4, 0.5) is 10.5 Å². The van der Waals surface area contributed by atoms with Crippen LogP contribution >= 0.6 is 0 Å². The maximum absolute atomic E-state index is 12.1. The molecule has 1 fully saturated rings. The lowest BCUT2D eigenvalue weighted by Crippen LogP contribution is -2.40. The molecule has 8 heteroatoms. The molecule has 1 aliphatic heterocycles. The highest BCUT2D eigenvalue weighted by Gasteiger charge is 2.44. The highest BCUT2D eigenvalue weighted by atomic mass is 16.5. The molecule has 0 atom stereocenters. The van der Waals surface area contributed by atoms with Crippen molar-refractivity contribution >= 4 is 29.5 Å². The minimum absolute atomic E-state index is 0.102. The Bertz CT molecular complexity index is 954. The summed E-state index contributed by atoms with van der Waals surface area (Å²) in [6, 6.07) is 16.6. The Kier molecular flexibility index (Phi) is 6.15. The van der Waals surface area contributed by atoms with Gasteiger partial charge in [0.1, 0.15) is 5.54 Å². The van der Waals surface area contributed by atoms with E-state index in [1.807, 2.05) is 42.5 Å². The molecule has 0 radical (unpaired) electrons. The van der Waals surface area contributed by atoms with Crippen LogP contribution in [0.2, 0.25) is 0 Å². The Balaban J connectivity index is 1.43. The van der Waals surface area contributed by atoms with Crippen molar-refractivity contribution in [3.8, 4) is 11.1 Å². The van der Waals surface area contributed by atoms with Crippen LogP contribution in [0, 0.1) is 0 Å². The van der Waals surface area contributed by atoms with Gasteiger partial charge in [0.15, 0.2) is 6.61 Å². The average molecular weight is 409 g/mol. The first-order valence-electron chi connectivity index (χ1n) is 9.51. The Labute approximate surface area is 174 Å². The van der Waals surface area contributed by atoms with Crippen molar-refractivity contribution in [3.05, 3.63) is 54.6 Å². The van der Waals surface area contributed by atoms with Gasteiger partial charge in [-0.25, -0.2) is 4.79 Å². The van der Waals surface area contributed by atoms with Gasteiger partial charge >= 0.3 is 12.0 Å². The first-order valence-corrected chi connectivity index (χ1v) is 9.51. The molecule has 1 saturated heterocycles. The van der Waals surface area contributed by atoms with Crippen LogP contribution in [0.3, 0.4) is 0 Å². The Hall–Kier alpha value is -3.68. The molecular weight excluding hydrogens is 386 g/mol. The molecule has 30 heavy (non-hydrogen) atoms. The third-order valence-corrected chi connectivity index (χ3v) is 4.62. The zero-order valence-electron chi connectivity index (χ0n) is 16.8. The van der Waals surface area contributed by atoms with Crippen LogP contribution in [-0.2, 0) is 19.1 Å². The van der Waals surface area contributed by atoms with E-state index in [0.717, 1.165) is 16.0 Å². The van der Waals surface area contributed by atoms with Gasteiger partial charge in [-0.2, -0.15) is 0 Å². The van der Waals surface area contributed by atoms with E-state index >= 15 is 0 Å². The smallest absolute Gasteiger partial charge is 0.325 e. The van der Waals surface area contributed by atoms with Gasteiger partial charge in [0.05, 0.1) is 6.42 Å². The van der Waals surface area contributed by atoms with Gasteiger partial charge in [-0.05, 0) is 37.1 Å². The van der Waals surface area contributed by atoms with Crippen LogP contribution in [0.1, 0.15) is 20.3 Å². The largest absolute Gasteiger partial charge is 0.456 e.